The fourth-order valence-corrected chi connectivity index (χ4v) is 4.01. The number of benzene rings is 1. The van der Waals surface area contributed by atoms with Gasteiger partial charge in [-0.1, -0.05) is 13.0 Å². The Bertz CT molecular complexity index is 1050. The predicted molar refractivity (Wildman–Crippen MR) is 108 cm³/mol. The van der Waals surface area contributed by atoms with Crippen LogP contribution in [0.2, 0.25) is 0 Å². The van der Waals surface area contributed by atoms with Gasteiger partial charge in [0.2, 0.25) is 5.82 Å². The van der Waals surface area contributed by atoms with Crippen molar-refractivity contribution in [3.05, 3.63) is 53.4 Å². The topological polar surface area (TPSA) is 80.7 Å². The van der Waals surface area contributed by atoms with Crippen LogP contribution in [0.15, 0.2) is 30.5 Å². The van der Waals surface area contributed by atoms with Gasteiger partial charge in [0.1, 0.15) is 18.9 Å². The van der Waals surface area contributed by atoms with Gasteiger partial charge in [-0.3, -0.25) is 9.78 Å². The number of rotatable bonds is 6. The number of hydrogen-bond donors (Lipinski definition) is 2. The first-order valence-corrected chi connectivity index (χ1v) is 10.1. The molecule has 0 bridgehead atoms. The van der Waals surface area contributed by atoms with E-state index in [1.165, 1.54) is 19.1 Å². The molecule has 1 saturated heterocycles. The number of methoxy groups -OCH3 is 1. The zero-order chi connectivity index (χ0) is 25.4. The van der Waals surface area contributed by atoms with Crippen LogP contribution in [0, 0.1) is 17.6 Å². The van der Waals surface area contributed by atoms with Crippen molar-refractivity contribution >= 4 is 11.6 Å². The Labute approximate surface area is 190 Å². The van der Waals surface area contributed by atoms with E-state index in [2.05, 4.69) is 10.3 Å². The number of carbonyl (C=O) groups is 1. The normalized spacial score (nSPS) is 25.8. The van der Waals surface area contributed by atoms with Crippen LogP contribution in [-0.4, -0.2) is 47.7 Å². The molecule has 1 amide bonds. The Balaban J connectivity index is 2.01. The van der Waals surface area contributed by atoms with Crippen LogP contribution in [-0.2, 0) is 9.53 Å². The summed E-state index contributed by atoms with van der Waals surface area (Å²) >= 11 is 0. The van der Waals surface area contributed by atoms with Crippen molar-refractivity contribution in [2.24, 2.45) is 5.92 Å². The first kappa shape index (κ1) is 25.8. The first-order chi connectivity index (χ1) is 15.9. The Morgan fingerprint density at radius 3 is 2.50 bits per heavy atom. The standard InChI is InChI=1S/C22H22F6N2O4/c1-10-16(12-5-6-13(24)17(25)18(12)33-3)19(34-21(10,2)22(26,27)28)20(32)30-11-4-7-14(29-9-11)15(31)8-23/h4-7,9-10,15-16,19,31H,8H2,1-3H3,(H,30,32)/t10-,15?,16-,19+,21+/m0/s1. The SMILES string of the molecule is COc1c([C@H]2[C@H](C(=O)Nc3ccc(C(O)CF)nc3)O[C@@](C)(C(F)(F)F)[C@H]2C)ccc(F)c1F. The van der Waals surface area contributed by atoms with E-state index in [1.54, 1.807) is 0 Å². The Kier molecular flexibility index (Phi) is 7.13. The minimum atomic E-state index is -4.89. The van der Waals surface area contributed by atoms with Gasteiger partial charge < -0.3 is 19.9 Å². The van der Waals surface area contributed by atoms with Gasteiger partial charge in [-0.2, -0.15) is 17.6 Å². The van der Waals surface area contributed by atoms with Gasteiger partial charge >= 0.3 is 6.18 Å². The number of aliphatic hydroxyl groups excluding tert-OH is 1. The summed E-state index contributed by atoms with van der Waals surface area (Å²) in [4.78, 5) is 16.8. The largest absolute Gasteiger partial charge is 0.493 e. The summed E-state index contributed by atoms with van der Waals surface area (Å²) < 4.78 is 92.7. The fourth-order valence-electron chi connectivity index (χ4n) is 4.01. The van der Waals surface area contributed by atoms with E-state index < -0.39 is 65.8 Å². The molecule has 1 unspecified atom stereocenters. The lowest BCUT2D eigenvalue weighted by molar-refractivity contribution is -0.272. The van der Waals surface area contributed by atoms with Crippen molar-refractivity contribution in [2.75, 3.05) is 19.1 Å². The molecule has 1 fully saturated rings. The molecule has 12 heteroatoms. The summed E-state index contributed by atoms with van der Waals surface area (Å²) in [5.74, 6) is -7.07. The molecule has 2 heterocycles. The van der Waals surface area contributed by atoms with Crippen molar-refractivity contribution in [2.45, 2.75) is 43.8 Å². The summed E-state index contributed by atoms with van der Waals surface area (Å²) in [5, 5.41) is 11.8. The molecule has 34 heavy (non-hydrogen) atoms. The molecular weight excluding hydrogens is 470 g/mol. The minimum Gasteiger partial charge on any atom is -0.493 e. The van der Waals surface area contributed by atoms with Crippen LogP contribution >= 0.6 is 0 Å². The lowest BCUT2D eigenvalue weighted by atomic mass is 9.77. The lowest BCUT2D eigenvalue weighted by Gasteiger charge is -2.32. The van der Waals surface area contributed by atoms with Gasteiger partial charge in [0.15, 0.2) is 17.2 Å². The third kappa shape index (κ3) is 4.43. The summed E-state index contributed by atoms with van der Waals surface area (Å²) in [7, 11) is 1.03. The second kappa shape index (κ2) is 9.41. The average molecular weight is 492 g/mol. The van der Waals surface area contributed by atoms with Crippen LogP contribution < -0.4 is 10.1 Å². The van der Waals surface area contributed by atoms with E-state index in [-0.39, 0.29) is 16.9 Å². The van der Waals surface area contributed by atoms with Crippen LogP contribution in [0.4, 0.5) is 32.0 Å². The summed E-state index contributed by atoms with van der Waals surface area (Å²) in [6.45, 7) is 0.889. The van der Waals surface area contributed by atoms with Crippen molar-refractivity contribution < 1.29 is 45.7 Å². The fraction of sp³-hybridized carbons (Fsp3) is 0.455. The molecule has 186 valence electrons. The molecule has 2 N–H and O–H groups in total. The molecule has 5 atom stereocenters. The third-order valence-corrected chi connectivity index (χ3v) is 6.11. The second-order valence-electron chi connectivity index (χ2n) is 8.07. The van der Waals surface area contributed by atoms with Crippen LogP contribution in [0.5, 0.6) is 5.75 Å². The number of alkyl halides is 4. The molecule has 0 radical (unpaired) electrons. The third-order valence-electron chi connectivity index (χ3n) is 6.11. The smallest absolute Gasteiger partial charge is 0.417 e. The van der Waals surface area contributed by atoms with E-state index in [1.807, 2.05) is 0 Å². The quantitative estimate of drug-likeness (QED) is 0.583. The molecular formula is C22H22F6N2O4. The number of pyridine rings is 1. The number of nitrogens with zero attached hydrogens (tertiary/aromatic N) is 1. The number of aliphatic hydroxyl groups is 1. The van der Waals surface area contributed by atoms with Gasteiger partial charge in [-0.25, -0.2) is 8.78 Å². The molecule has 0 saturated carbocycles. The van der Waals surface area contributed by atoms with Crippen molar-refractivity contribution in [3.63, 3.8) is 0 Å². The monoisotopic (exact) mass is 492 g/mol. The summed E-state index contributed by atoms with van der Waals surface area (Å²) in [6, 6.07) is 4.29. The molecule has 3 rings (SSSR count). The summed E-state index contributed by atoms with van der Waals surface area (Å²) in [5.41, 5.74) is -2.93. The van der Waals surface area contributed by atoms with Crippen LogP contribution in [0.25, 0.3) is 0 Å². The minimum absolute atomic E-state index is 0.0136. The number of amides is 1. The molecule has 1 aromatic heterocycles. The highest BCUT2D eigenvalue weighted by Crippen LogP contribution is 2.55. The number of anilines is 1. The Hall–Kier alpha value is -2.86. The molecule has 2 aromatic rings. The van der Waals surface area contributed by atoms with Gasteiger partial charge in [-0.05, 0) is 25.1 Å². The molecule has 6 nitrogen and oxygen atoms in total. The Morgan fingerprint density at radius 1 is 1.29 bits per heavy atom. The van der Waals surface area contributed by atoms with Gasteiger partial charge in [0.05, 0.1) is 24.7 Å². The second-order valence-corrected chi connectivity index (χ2v) is 8.07. The van der Waals surface area contributed by atoms with Crippen molar-refractivity contribution in [1.29, 1.82) is 0 Å². The van der Waals surface area contributed by atoms with E-state index >= 15 is 0 Å². The molecule has 0 aliphatic carbocycles. The van der Waals surface area contributed by atoms with Gasteiger partial charge in [-0.15, -0.1) is 0 Å². The number of ether oxygens (including phenoxy) is 2. The molecule has 1 aliphatic heterocycles. The number of hydrogen-bond acceptors (Lipinski definition) is 5. The van der Waals surface area contributed by atoms with E-state index in [0.29, 0.717) is 0 Å². The average Bonchev–Trinajstić information content (AvgIpc) is 3.07. The van der Waals surface area contributed by atoms with Crippen molar-refractivity contribution in [1.82, 2.24) is 4.98 Å². The highest BCUT2D eigenvalue weighted by Gasteiger charge is 2.65. The van der Waals surface area contributed by atoms with Gasteiger partial charge in [0.25, 0.3) is 5.91 Å². The zero-order valence-corrected chi connectivity index (χ0v) is 18.3. The van der Waals surface area contributed by atoms with E-state index in [9.17, 15) is 36.2 Å². The number of carbonyl (C=O) groups excluding carboxylic acids is 1. The highest BCUT2D eigenvalue weighted by molar-refractivity contribution is 5.95. The molecule has 1 aromatic carbocycles. The highest BCUT2D eigenvalue weighted by atomic mass is 19.4. The zero-order valence-electron chi connectivity index (χ0n) is 18.3. The maximum Gasteiger partial charge on any atom is 0.417 e. The van der Waals surface area contributed by atoms with E-state index in [4.69, 9.17) is 9.47 Å². The first-order valence-electron chi connectivity index (χ1n) is 10.1. The number of aromatic nitrogens is 1. The summed E-state index contributed by atoms with van der Waals surface area (Å²) in [6.07, 6.45) is -7.05. The molecule has 0 spiro atoms. The maximum absolute atomic E-state index is 14.4. The van der Waals surface area contributed by atoms with E-state index in [0.717, 1.165) is 32.4 Å². The van der Waals surface area contributed by atoms with Crippen LogP contribution in [0.3, 0.4) is 0 Å². The Morgan fingerprint density at radius 2 is 1.97 bits per heavy atom. The van der Waals surface area contributed by atoms with Crippen LogP contribution in [0.1, 0.15) is 37.1 Å². The number of halogens is 6. The number of nitrogens with one attached hydrogen (secondary N) is 1. The molecule has 1 aliphatic rings. The van der Waals surface area contributed by atoms with Gasteiger partial charge in [0, 0.05) is 17.4 Å². The van der Waals surface area contributed by atoms with Crippen molar-refractivity contribution in [3.8, 4) is 5.75 Å². The lowest BCUT2D eigenvalue weighted by Crippen LogP contribution is -2.47. The predicted octanol–water partition coefficient (Wildman–Crippen LogP) is 4.45. The maximum atomic E-state index is 14.4.